The molecule has 0 radical (unpaired) electrons. The van der Waals surface area contributed by atoms with Gasteiger partial charge in [-0.15, -0.1) is 0 Å². The van der Waals surface area contributed by atoms with Gasteiger partial charge in [-0.2, -0.15) is 0 Å². The molecule has 0 spiro atoms. The second-order valence-corrected chi connectivity index (χ2v) is 6.78. The van der Waals surface area contributed by atoms with Gasteiger partial charge < -0.3 is 9.47 Å². The molecule has 0 saturated heterocycles. The molecule has 3 aromatic rings. The van der Waals surface area contributed by atoms with Gasteiger partial charge >= 0.3 is 0 Å². The summed E-state index contributed by atoms with van der Waals surface area (Å²) < 4.78 is 24.9. The summed E-state index contributed by atoms with van der Waals surface area (Å²) in [4.78, 5) is 25.3. The van der Waals surface area contributed by atoms with Gasteiger partial charge in [-0.25, -0.2) is 4.39 Å². The van der Waals surface area contributed by atoms with Crippen LogP contribution < -0.4 is 20.3 Å². The number of hydrazine groups is 1. The molecule has 1 atom stereocenters. The lowest BCUT2D eigenvalue weighted by molar-refractivity contribution is -0.133. The van der Waals surface area contributed by atoms with E-state index in [0.29, 0.717) is 22.6 Å². The van der Waals surface area contributed by atoms with Gasteiger partial charge in [-0.3, -0.25) is 20.4 Å². The van der Waals surface area contributed by atoms with Gasteiger partial charge in [-0.05, 0) is 31.2 Å². The summed E-state index contributed by atoms with van der Waals surface area (Å²) in [6.45, 7) is 1.47. The molecular weight excluding hydrogens is 387 g/mol. The highest BCUT2D eigenvalue weighted by molar-refractivity contribution is 5.91. The summed E-state index contributed by atoms with van der Waals surface area (Å²) in [6, 6.07) is 20.3. The van der Waals surface area contributed by atoms with Gasteiger partial charge in [0.05, 0.1) is 5.92 Å². The molecule has 6 nitrogen and oxygen atoms in total. The topological polar surface area (TPSA) is 76.7 Å². The van der Waals surface area contributed by atoms with E-state index in [2.05, 4.69) is 10.9 Å². The number of carbonyl (C=O) groups excluding carboxylic acids is 2. The molecule has 0 aliphatic carbocycles. The quantitative estimate of drug-likeness (QED) is 0.648. The third kappa shape index (κ3) is 3.82. The van der Waals surface area contributed by atoms with E-state index in [-0.39, 0.29) is 5.75 Å². The number of carbonyl (C=O) groups is 2. The van der Waals surface area contributed by atoms with Crippen molar-refractivity contribution in [3.8, 4) is 17.2 Å². The van der Waals surface area contributed by atoms with E-state index >= 15 is 0 Å². The number of nitrogens with one attached hydrogen (secondary N) is 2. The summed E-state index contributed by atoms with van der Waals surface area (Å²) >= 11 is 0. The van der Waals surface area contributed by atoms with Crippen LogP contribution in [0.25, 0.3) is 0 Å². The van der Waals surface area contributed by atoms with Gasteiger partial charge in [0.2, 0.25) is 0 Å². The van der Waals surface area contributed by atoms with Crippen LogP contribution in [0, 0.1) is 5.82 Å². The number of para-hydroxylation sites is 3. The first-order valence-electron chi connectivity index (χ1n) is 9.41. The molecule has 1 aliphatic heterocycles. The van der Waals surface area contributed by atoms with Crippen molar-refractivity contribution in [3.05, 3.63) is 89.7 Å². The summed E-state index contributed by atoms with van der Waals surface area (Å²) in [5.74, 6) is -1.15. The maximum atomic E-state index is 13.7. The van der Waals surface area contributed by atoms with Crippen molar-refractivity contribution in [1.29, 1.82) is 0 Å². The van der Waals surface area contributed by atoms with Gasteiger partial charge in [0.1, 0.15) is 11.5 Å². The van der Waals surface area contributed by atoms with Crippen molar-refractivity contribution >= 4 is 11.8 Å². The summed E-state index contributed by atoms with van der Waals surface area (Å²) in [5, 5.41) is 0. The first-order chi connectivity index (χ1) is 14.5. The van der Waals surface area contributed by atoms with Crippen LogP contribution in [0.3, 0.4) is 0 Å². The minimum atomic E-state index is -1.02. The summed E-state index contributed by atoms with van der Waals surface area (Å²) in [5.41, 5.74) is 6.19. The fourth-order valence-corrected chi connectivity index (χ4v) is 3.27. The Labute approximate surface area is 172 Å². The third-order valence-corrected chi connectivity index (χ3v) is 4.76. The molecular formula is C23H19FN2O4. The molecule has 152 valence electrons. The van der Waals surface area contributed by atoms with Crippen molar-refractivity contribution in [3.63, 3.8) is 0 Å². The number of hydrogen-bond acceptors (Lipinski definition) is 4. The molecule has 2 amide bonds. The molecule has 30 heavy (non-hydrogen) atoms. The van der Waals surface area contributed by atoms with Crippen LogP contribution in [0.2, 0.25) is 0 Å². The molecule has 0 unspecified atom stereocenters. The predicted molar refractivity (Wildman–Crippen MR) is 108 cm³/mol. The monoisotopic (exact) mass is 406 g/mol. The van der Waals surface area contributed by atoms with Crippen LogP contribution in [0.5, 0.6) is 17.2 Å². The highest BCUT2D eigenvalue weighted by Crippen LogP contribution is 2.43. The molecule has 3 aromatic carbocycles. The van der Waals surface area contributed by atoms with Crippen LogP contribution in [-0.2, 0) is 9.59 Å². The molecule has 0 fully saturated rings. The second-order valence-electron chi connectivity index (χ2n) is 6.78. The fourth-order valence-electron chi connectivity index (χ4n) is 3.27. The van der Waals surface area contributed by atoms with Gasteiger partial charge in [0, 0.05) is 11.1 Å². The van der Waals surface area contributed by atoms with Crippen molar-refractivity contribution < 1.29 is 23.5 Å². The lowest BCUT2D eigenvalue weighted by atomic mass is 9.87. The molecule has 0 aromatic heterocycles. The van der Waals surface area contributed by atoms with Crippen molar-refractivity contribution in [2.24, 2.45) is 0 Å². The Bertz CT molecular complexity index is 1060. The first-order valence-corrected chi connectivity index (χ1v) is 9.41. The lowest BCUT2D eigenvalue weighted by Crippen LogP contribution is -2.49. The van der Waals surface area contributed by atoms with Crippen LogP contribution in [-0.4, -0.2) is 17.9 Å². The van der Waals surface area contributed by atoms with E-state index in [0.717, 1.165) is 0 Å². The maximum absolute atomic E-state index is 13.7. The Morgan fingerprint density at radius 1 is 0.900 bits per heavy atom. The van der Waals surface area contributed by atoms with Crippen molar-refractivity contribution in [1.82, 2.24) is 10.9 Å². The Hall–Kier alpha value is -3.87. The molecule has 2 N–H and O–H groups in total. The number of halogens is 1. The summed E-state index contributed by atoms with van der Waals surface area (Å²) in [6.07, 6.45) is -1.02. The zero-order valence-electron chi connectivity index (χ0n) is 16.1. The average Bonchev–Trinajstić information content (AvgIpc) is 2.77. The van der Waals surface area contributed by atoms with E-state index < -0.39 is 29.7 Å². The molecule has 4 rings (SSSR count). The number of rotatable bonds is 4. The zero-order valence-corrected chi connectivity index (χ0v) is 16.1. The van der Waals surface area contributed by atoms with E-state index in [1.54, 1.807) is 30.3 Å². The Balaban J connectivity index is 1.47. The number of ether oxygens (including phenoxy) is 2. The predicted octanol–water partition coefficient (Wildman–Crippen LogP) is 3.68. The van der Waals surface area contributed by atoms with E-state index in [9.17, 15) is 14.0 Å². The maximum Gasteiger partial charge on any atom is 0.279 e. The normalized spacial score (nSPS) is 13.3. The van der Waals surface area contributed by atoms with Gasteiger partial charge in [-0.1, -0.05) is 48.5 Å². The third-order valence-electron chi connectivity index (χ3n) is 4.76. The average molecular weight is 406 g/mol. The van der Waals surface area contributed by atoms with E-state index in [1.807, 2.05) is 24.3 Å². The standard InChI is InChI=1S/C23H19FN2O4/c1-14(29-20-13-7-4-10-17(20)24)22(27)25-26-23(28)21-15-8-2-5-11-18(15)30-19-12-6-3-9-16(19)21/h2-14,21H,1H3,(H,25,27)(H,26,28)/t14-/m0/s1. The highest BCUT2D eigenvalue weighted by atomic mass is 19.1. The highest BCUT2D eigenvalue weighted by Gasteiger charge is 2.32. The van der Waals surface area contributed by atoms with Gasteiger partial charge in [0.25, 0.3) is 11.8 Å². The number of benzene rings is 3. The van der Waals surface area contributed by atoms with Crippen LogP contribution >= 0.6 is 0 Å². The van der Waals surface area contributed by atoms with Crippen molar-refractivity contribution in [2.75, 3.05) is 0 Å². The molecule has 0 saturated carbocycles. The Morgan fingerprint density at radius 3 is 2.10 bits per heavy atom. The molecule has 1 heterocycles. The second kappa shape index (κ2) is 8.24. The minimum Gasteiger partial charge on any atom is -0.478 e. The SMILES string of the molecule is C[C@H](Oc1ccccc1F)C(=O)NNC(=O)C1c2ccccc2Oc2ccccc21. The largest absolute Gasteiger partial charge is 0.478 e. The molecule has 0 bridgehead atoms. The molecule has 7 heteroatoms. The Morgan fingerprint density at radius 2 is 1.47 bits per heavy atom. The van der Waals surface area contributed by atoms with Gasteiger partial charge in [0.15, 0.2) is 17.7 Å². The lowest BCUT2D eigenvalue weighted by Gasteiger charge is -2.27. The van der Waals surface area contributed by atoms with Crippen LogP contribution in [0.1, 0.15) is 24.0 Å². The zero-order chi connectivity index (χ0) is 21.1. The van der Waals surface area contributed by atoms with Crippen molar-refractivity contribution in [2.45, 2.75) is 18.9 Å². The molecule has 1 aliphatic rings. The number of hydrogen-bond donors (Lipinski definition) is 2. The van der Waals surface area contributed by atoms with Crippen LogP contribution in [0.15, 0.2) is 72.8 Å². The number of amides is 2. The minimum absolute atomic E-state index is 0.0428. The Kier molecular flexibility index (Phi) is 5.34. The number of fused-ring (bicyclic) bond motifs is 2. The fraction of sp³-hybridized carbons (Fsp3) is 0.130. The first kappa shape index (κ1) is 19.4. The van der Waals surface area contributed by atoms with E-state index in [1.165, 1.54) is 25.1 Å². The van der Waals surface area contributed by atoms with Crippen LogP contribution in [0.4, 0.5) is 4.39 Å². The summed E-state index contributed by atoms with van der Waals surface area (Å²) in [7, 11) is 0. The smallest absolute Gasteiger partial charge is 0.279 e. The van der Waals surface area contributed by atoms with E-state index in [4.69, 9.17) is 9.47 Å².